The minimum absolute atomic E-state index is 0.0835. The van der Waals surface area contributed by atoms with Crippen molar-refractivity contribution in [1.29, 1.82) is 0 Å². The lowest BCUT2D eigenvalue weighted by Crippen LogP contribution is -2.49. The van der Waals surface area contributed by atoms with Gasteiger partial charge in [0, 0.05) is 32.7 Å². The molecule has 1 fully saturated rings. The molecular formula is C15H24N4O2. The number of carbonyl (C=O) groups excluding carboxylic acids is 1. The lowest BCUT2D eigenvalue weighted by molar-refractivity contribution is -0.122. The molecule has 1 atom stereocenters. The molecule has 2 N–H and O–H groups in total. The predicted octanol–water partition coefficient (Wildman–Crippen LogP) is 0.393. The highest BCUT2D eigenvalue weighted by molar-refractivity contribution is 5.77. The zero-order chi connectivity index (χ0) is 15.2. The molecular weight excluding hydrogens is 268 g/mol. The molecule has 1 aromatic rings. The summed E-state index contributed by atoms with van der Waals surface area (Å²) >= 11 is 0. The highest BCUT2D eigenvalue weighted by Crippen LogP contribution is 2.17. The lowest BCUT2D eigenvalue weighted by Gasteiger charge is -2.35. The van der Waals surface area contributed by atoms with Crippen LogP contribution in [0, 0.1) is 0 Å². The van der Waals surface area contributed by atoms with Crippen LogP contribution in [0.3, 0.4) is 0 Å². The van der Waals surface area contributed by atoms with E-state index in [1.165, 1.54) is 0 Å². The van der Waals surface area contributed by atoms with Crippen molar-refractivity contribution < 1.29 is 9.90 Å². The van der Waals surface area contributed by atoms with Crippen molar-refractivity contribution in [3.63, 3.8) is 0 Å². The Hall–Kier alpha value is -1.66. The number of aliphatic hydroxyl groups excluding tert-OH is 1. The maximum atomic E-state index is 11.6. The highest BCUT2D eigenvalue weighted by Gasteiger charge is 2.20. The molecule has 0 saturated carbocycles. The van der Waals surface area contributed by atoms with Gasteiger partial charge in [0.2, 0.25) is 5.91 Å². The Labute approximate surface area is 125 Å². The van der Waals surface area contributed by atoms with E-state index >= 15 is 0 Å². The number of rotatable bonds is 5. The first-order valence-corrected chi connectivity index (χ1v) is 7.49. The third-order valence-corrected chi connectivity index (χ3v) is 3.62. The number of pyridine rings is 1. The van der Waals surface area contributed by atoms with Gasteiger partial charge < -0.3 is 15.3 Å². The largest absolute Gasteiger partial charge is 0.387 e. The second-order valence-corrected chi connectivity index (χ2v) is 5.31. The molecule has 0 aliphatic carbocycles. The zero-order valence-corrected chi connectivity index (χ0v) is 12.7. The maximum absolute atomic E-state index is 11.6. The monoisotopic (exact) mass is 292 g/mol. The summed E-state index contributed by atoms with van der Waals surface area (Å²) in [5.74, 6) is 0.978. The van der Waals surface area contributed by atoms with Gasteiger partial charge >= 0.3 is 0 Å². The molecule has 1 aliphatic heterocycles. The normalized spacial score (nSPS) is 17.6. The summed E-state index contributed by atoms with van der Waals surface area (Å²) in [7, 11) is 0. The molecule has 116 valence electrons. The van der Waals surface area contributed by atoms with Gasteiger partial charge in [-0.1, -0.05) is 6.07 Å². The van der Waals surface area contributed by atoms with Crippen LogP contribution in [0.2, 0.25) is 0 Å². The molecule has 0 radical (unpaired) electrons. The molecule has 1 amide bonds. The third kappa shape index (κ3) is 4.41. The Balaban J connectivity index is 1.89. The number of nitrogens with zero attached hydrogens (tertiary/aromatic N) is 3. The summed E-state index contributed by atoms with van der Waals surface area (Å²) in [5.41, 5.74) is 0.692. The van der Waals surface area contributed by atoms with Gasteiger partial charge in [-0.3, -0.25) is 9.69 Å². The summed E-state index contributed by atoms with van der Waals surface area (Å²) in [4.78, 5) is 20.4. The van der Waals surface area contributed by atoms with Crippen LogP contribution >= 0.6 is 0 Å². The van der Waals surface area contributed by atoms with Crippen molar-refractivity contribution in [3.8, 4) is 0 Å². The fourth-order valence-electron chi connectivity index (χ4n) is 2.44. The molecule has 1 unspecified atom stereocenters. The fraction of sp³-hybridized carbons (Fsp3) is 0.600. The molecule has 2 rings (SSSR count). The van der Waals surface area contributed by atoms with Crippen LogP contribution in [0.15, 0.2) is 18.2 Å². The van der Waals surface area contributed by atoms with Crippen molar-refractivity contribution in [2.75, 3.05) is 44.2 Å². The topological polar surface area (TPSA) is 68.7 Å². The number of amides is 1. The van der Waals surface area contributed by atoms with Crippen LogP contribution in [0.25, 0.3) is 0 Å². The van der Waals surface area contributed by atoms with E-state index in [1.54, 1.807) is 6.92 Å². The molecule has 0 spiro atoms. The van der Waals surface area contributed by atoms with Gasteiger partial charge in [0.25, 0.3) is 0 Å². The van der Waals surface area contributed by atoms with Crippen LogP contribution in [0.4, 0.5) is 5.82 Å². The molecule has 1 aromatic heterocycles. The first-order valence-electron chi connectivity index (χ1n) is 7.49. The number of nitrogens with one attached hydrogen (secondary N) is 1. The van der Waals surface area contributed by atoms with Crippen molar-refractivity contribution in [2.24, 2.45) is 0 Å². The smallest absolute Gasteiger partial charge is 0.234 e. The number of likely N-dealkylation sites (N-methyl/N-ethyl adjacent to an activating group) is 1. The highest BCUT2D eigenvalue weighted by atomic mass is 16.3. The molecule has 0 aromatic carbocycles. The van der Waals surface area contributed by atoms with E-state index < -0.39 is 6.10 Å². The molecule has 1 aliphatic rings. The molecule has 6 nitrogen and oxygen atoms in total. The number of aromatic nitrogens is 1. The van der Waals surface area contributed by atoms with Gasteiger partial charge in [0.15, 0.2) is 0 Å². The van der Waals surface area contributed by atoms with Crippen molar-refractivity contribution >= 4 is 11.7 Å². The second kappa shape index (κ2) is 7.38. The summed E-state index contributed by atoms with van der Waals surface area (Å²) < 4.78 is 0. The first kappa shape index (κ1) is 15.7. The number of hydrogen-bond acceptors (Lipinski definition) is 5. The van der Waals surface area contributed by atoms with Gasteiger partial charge in [-0.15, -0.1) is 0 Å². The van der Waals surface area contributed by atoms with E-state index in [2.05, 4.69) is 20.1 Å². The quantitative estimate of drug-likeness (QED) is 0.822. The molecule has 0 bridgehead atoms. The number of carbonyl (C=O) groups is 1. The van der Waals surface area contributed by atoms with Gasteiger partial charge in [-0.05, 0) is 26.0 Å². The number of hydrogen-bond donors (Lipinski definition) is 2. The summed E-state index contributed by atoms with van der Waals surface area (Å²) in [5, 5.41) is 12.4. The summed E-state index contributed by atoms with van der Waals surface area (Å²) in [6.07, 6.45) is -0.552. The van der Waals surface area contributed by atoms with Crippen LogP contribution in [-0.4, -0.2) is 60.2 Å². The summed E-state index contributed by atoms with van der Waals surface area (Å²) in [6, 6.07) is 5.72. The number of aliphatic hydroxyl groups is 1. The van der Waals surface area contributed by atoms with Gasteiger partial charge in [-0.2, -0.15) is 0 Å². The van der Waals surface area contributed by atoms with Crippen molar-refractivity contribution in [3.05, 3.63) is 23.9 Å². The van der Waals surface area contributed by atoms with Crippen molar-refractivity contribution in [2.45, 2.75) is 20.0 Å². The Morgan fingerprint density at radius 2 is 2.10 bits per heavy atom. The molecule has 2 heterocycles. The van der Waals surface area contributed by atoms with E-state index in [1.807, 2.05) is 25.1 Å². The van der Waals surface area contributed by atoms with E-state index in [0.29, 0.717) is 18.8 Å². The average Bonchev–Trinajstić information content (AvgIpc) is 2.48. The lowest BCUT2D eigenvalue weighted by atomic mass is 10.2. The SMILES string of the molecule is CCNC(=O)CN1CCN(c2cccc(C(C)O)n2)CC1. The van der Waals surface area contributed by atoms with Gasteiger partial charge in [0.1, 0.15) is 5.82 Å². The third-order valence-electron chi connectivity index (χ3n) is 3.62. The zero-order valence-electron chi connectivity index (χ0n) is 12.7. The second-order valence-electron chi connectivity index (χ2n) is 5.31. The maximum Gasteiger partial charge on any atom is 0.234 e. The van der Waals surface area contributed by atoms with E-state index in [9.17, 15) is 9.90 Å². The number of piperazine rings is 1. The Morgan fingerprint density at radius 1 is 1.38 bits per heavy atom. The Kier molecular flexibility index (Phi) is 5.52. The van der Waals surface area contributed by atoms with Crippen LogP contribution < -0.4 is 10.2 Å². The average molecular weight is 292 g/mol. The Morgan fingerprint density at radius 3 is 2.71 bits per heavy atom. The minimum Gasteiger partial charge on any atom is -0.387 e. The number of anilines is 1. The standard InChI is InChI=1S/C15H24N4O2/c1-3-16-15(21)11-18-7-9-19(10-8-18)14-6-4-5-13(17-14)12(2)20/h4-6,12,20H,3,7-11H2,1-2H3,(H,16,21). The van der Waals surface area contributed by atoms with Crippen molar-refractivity contribution in [1.82, 2.24) is 15.2 Å². The van der Waals surface area contributed by atoms with Crippen LogP contribution in [-0.2, 0) is 4.79 Å². The molecule has 1 saturated heterocycles. The van der Waals surface area contributed by atoms with Crippen LogP contribution in [0.1, 0.15) is 25.6 Å². The van der Waals surface area contributed by atoms with E-state index in [0.717, 1.165) is 32.0 Å². The van der Waals surface area contributed by atoms with Gasteiger partial charge in [0.05, 0.1) is 18.3 Å². The minimum atomic E-state index is -0.552. The first-order chi connectivity index (χ1) is 10.1. The van der Waals surface area contributed by atoms with Gasteiger partial charge in [-0.25, -0.2) is 4.98 Å². The fourth-order valence-corrected chi connectivity index (χ4v) is 2.44. The van der Waals surface area contributed by atoms with E-state index in [4.69, 9.17) is 0 Å². The predicted molar refractivity (Wildman–Crippen MR) is 82.2 cm³/mol. The van der Waals surface area contributed by atoms with E-state index in [-0.39, 0.29) is 5.91 Å². The van der Waals surface area contributed by atoms with Crippen LogP contribution in [0.5, 0.6) is 0 Å². The summed E-state index contributed by atoms with van der Waals surface area (Å²) in [6.45, 7) is 8.16. The Bertz CT molecular complexity index is 470. The molecule has 6 heteroatoms. The molecule has 21 heavy (non-hydrogen) atoms.